The molecule has 0 unspecified atom stereocenters. The smallest absolute Gasteiger partial charge is 0.303 e. The Kier molecular flexibility index (Phi) is 7.58. The fourth-order valence-corrected chi connectivity index (χ4v) is 4.46. The highest BCUT2D eigenvalue weighted by Crippen LogP contribution is 2.37. The number of carbonyl (C=O) groups is 1. The lowest BCUT2D eigenvalue weighted by atomic mass is 9.98. The average Bonchev–Trinajstić information content (AvgIpc) is 3.20. The minimum absolute atomic E-state index is 0.131. The lowest BCUT2D eigenvalue weighted by Crippen LogP contribution is -2.19. The fraction of sp³-hybridized carbons (Fsp3) is 0.393. The third kappa shape index (κ3) is 5.81. The van der Waals surface area contributed by atoms with Crippen LogP contribution in [-0.2, 0) is 17.8 Å². The van der Waals surface area contributed by atoms with Gasteiger partial charge in [-0.15, -0.1) is 0 Å². The van der Waals surface area contributed by atoms with Crippen LogP contribution in [0.4, 0.5) is 0 Å². The maximum absolute atomic E-state index is 11.0. The maximum atomic E-state index is 11.0. The molecule has 1 aliphatic carbocycles. The lowest BCUT2D eigenvalue weighted by Gasteiger charge is -2.12. The van der Waals surface area contributed by atoms with Gasteiger partial charge in [0.2, 0.25) is 0 Å². The van der Waals surface area contributed by atoms with Crippen LogP contribution in [0, 0.1) is 20.8 Å². The topological polar surface area (TPSA) is 84.3 Å². The second kappa shape index (κ2) is 10.8. The predicted octanol–water partition coefficient (Wildman–Crippen LogP) is 5.13. The molecule has 0 spiro atoms. The van der Waals surface area contributed by atoms with Crippen LogP contribution in [0.5, 0.6) is 5.75 Å². The van der Waals surface area contributed by atoms with Crippen molar-refractivity contribution in [1.82, 2.24) is 15.3 Å². The lowest BCUT2D eigenvalue weighted by molar-refractivity contribution is -0.137. The monoisotopic (exact) mass is 459 g/mol. The Bertz CT molecular complexity index is 1180. The van der Waals surface area contributed by atoms with Crippen LogP contribution < -0.4 is 10.1 Å². The highest BCUT2D eigenvalue weighted by atomic mass is 16.5. The maximum Gasteiger partial charge on any atom is 0.303 e. The minimum Gasteiger partial charge on any atom is -0.494 e. The first-order valence-electron chi connectivity index (χ1n) is 12.0. The Morgan fingerprint density at radius 1 is 1.12 bits per heavy atom. The molecule has 1 aliphatic rings. The van der Waals surface area contributed by atoms with E-state index in [9.17, 15) is 4.79 Å². The van der Waals surface area contributed by atoms with Gasteiger partial charge in [0.15, 0.2) is 5.82 Å². The SMILES string of the molecule is Cc1ccc(-c2ncc(C)c(CNCCCOc3ccc4c(c3)CC[C@H]4CC(=O)O)n2)cc1C. The van der Waals surface area contributed by atoms with Gasteiger partial charge < -0.3 is 15.2 Å². The quantitative estimate of drug-likeness (QED) is 0.409. The number of nitrogens with one attached hydrogen (secondary N) is 1. The number of nitrogens with zero attached hydrogens (tertiary/aromatic N) is 2. The number of aliphatic carboxylic acids is 1. The van der Waals surface area contributed by atoms with Gasteiger partial charge in [-0.3, -0.25) is 4.79 Å². The molecule has 34 heavy (non-hydrogen) atoms. The van der Waals surface area contributed by atoms with Crippen molar-refractivity contribution >= 4 is 5.97 Å². The van der Waals surface area contributed by atoms with Crippen molar-refractivity contribution in [3.8, 4) is 17.1 Å². The van der Waals surface area contributed by atoms with Crippen molar-refractivity contribution < 1.29 is 14.6 Å². The second-order valence-corrected chi connectivity index (χ2v) is 9.20. The van der Waals surface area contributed by atoms with Crippen LogP contribution >= 0.6 is 0 Å². The number of aromatic nitrogens is 2. The van der Waals surface area contributed by atoms with E-state index in [0.717, 1.165) is 59.8 Å². The summed E-state index contributed by atoms with van der Waals surface area (Å²) in [5.41, 5.74) is 8.03. The van der Waals surface area contributed by atoms with Crippen molar-refractivity contribution in [1.29, 1.82) is 0 Å². The summed E-state index contributed by atoms with van der Waals surface area (Å²) >= 11 is 0. The Labute approximate surface area is 201 Å². The second-order valence-electron chi connectivity index (χ2n) is 9.20. The van der Waals surface area contributed by atoms with E-state index in [1.165, 1.54) is 16.7 Å². The van der Waals surface area contributed by atoms with E-state index in [1.807, 2.05) is 25.3 Å². The van der Waals surface area contributed by atoms with Gasteiger partial charge in [-0.05, 0) is 98.5 Å². The van der Waals surface area contributed by atoms with Crippen molar-refractivity contribution in [2.24, 2.45) is 0 Å². The van der Waals surface area contributed by atoms with Crippen LogP contribution in [0.3, 0.4) is 0 Å². The van der Waals surface area contributed by atoms with Crippen LogP contribution in [0.25, 0.3) is 11.4 Å². The number of hydrogen-bond donors (Lipinski definition) is 2. The van der Waals surface area contributed by atoms with Crippen LogP contribution in [0.1, 0.15) is 58.7 Å². The molecule has 6 heteroatoms. The third-order valence-corrected chi connectivity index (χ3v) is 6.64. The summed E-state index contributed by atoms with van der Waals surface area (Å²) in [5.74, 6) is 1.02. The summed E-state index contributed by atoms with van der Waals surface area (Å²) in [7, 11) is 0. The average molecular weight is 460 g/mol. The molecule has 0 radical (unpaired) electrons. The molecule has 0 fully saturated rings. The number of carboxylic acids is 1. The summed E-state index contributed by atoms with van der Waals surface area (Å²) in [5, 5.41) is 12.5. The van der Waals surface area contributed by atoms with Gasteiger partial charge in [0, 0.05) is 18.3 Å². The number of rotatable bonds is 10. The molecule has 0 bridgehead atoms. The van der Waals surface area contributed by atoms with E-state index in [0.29, 0.717) is 13.2 Å². The predicted molar refractivity (Wildman–Crippen MR) is 133 cm³/mol. The highest BCUT2D eigenvalue weighted by Gasteiger charge is 2.24. The van der Waals surface area contributed by atoms with Crippen molar-refractivity contribution in [3.05, 3.63) is 76.1 Å². The standard InChI is InChI=1S/C28H33N3O3/c1-18-5-6-23(13-19(18)2)28-30-16-20(3)26(31-28)17-29-11-4-12-34-24-9-10-25-21(14-24)7-8-22(25)15-27(32)33/h5-6,9-10,13-14,16,22,29H,4,7-8,11-12,15,17H2,1-3H3,(H,32,33)/t22-/m0/s1. The number of fused-ring (bicyclic) bond motifs is 1. The third-order valence-electron chi connectivity index (χ3n) is 6.64. The summed E-state index contributed by atoms with van der Waals surface area (Å²) in [4.78, 5) is 20.4. The zero-order chi connectivity index (χ0) is 24.1. The minimum atomic E-state index is -0.732. The first kappa shape index (κ1) is 23.9. The number of aryl methyl sites for hydroxylation is 4. The number of carboxylic acid groups (broad SMARTS) is 1. The molecule has 2 aromatic carbocycles. The highest BCUT2D eigenvalue weighted by molar-refractivity contribution is 5.68. The van der Waals surface area contributed by atoms with E-state index in [4.69, 9.17) is 14.8 Å². The van der Waals surface area contributed by atoms with Gasteiger partial charge >= 0.3 is 5.97 Å². The zero-order valence-electron chi connectivity index (χ0n) is 20.2. The summed E-state index contributed by atoms with van der Waals surface area (Å²) in [6.45, 7) is 8.40. The van der Waals surface area contributed by atoms with E-state index in [-0.39, 0.29) is 12.3 Å². The molecule has 2 N–H and O–H groups in total. The van der Waals surface area contributed by atoms with Crippen molar-refractivity contribution in [2.75, 3.05) is 13.2 Å². The van der Waals surface area contributed by atoms with E-state index < -0.39 is 5.97 Å². The molecule has 1 aromatic heterocycles. The molecule has 0 saturated heterocycles. The van der Waals surface area contributed by atoms with Crippen molar-refractivity contribution in [3.63, 3.8) is 0 Å². The molecule has 0 saturated carbocycles. The summed E-state index contributed by atoms with van der Waals surface area (Å²) in [6, 6.07) is 12.4. The molecule has 1 atom stereocenters. The zero-order valence-corrected chi connectivity index (χ0v) is 20.2. The molecule has 0 aliphatic heterocycles. The van der Waals surface area contributed by atoms with Gasteiger partial charge in [-0.1, -0.05) is 18.2 Å². The fourth-order valence-electron chi connectivity index (χ4n) is 4.46. The molecule has 6 nitrogen and oxygen atoms in total. The van der Waals surface area contributed by atoms with Crippen LogP contribution in [0.2, 0.25) is 0 Å². The molecule has 0 amide bonds. The Morgan fingerprint density at radius 3 is 2.76 bits per heavy atom. The Hall–Kier alpha value is -3.25. The van der Waals surface area contributed by atoms with E-state index >= 15 is 0 Å². The van der Waals surface area contributed by atoms with Crippen LogP contribution in [0.15, 0.2) is 42.6 Å². The van der Waals surface area contributed by atoms with Crippen molar-refractivity contribution in [2.45, 2.75) is 58.9 Å². The molecule has 178 valence electrons. The summed E-state index contributed by atoms with van der Waals surface area (Å²) in [6.07, 6.45) is 4.81. The molecule has 3 aromatic rings. The molecule has 4 rings (SSSR count). The molecule has 1 heterocycles. The Balaban J connectivity index is 1.24. The molecular formula is C28H33N3O3. The van der Waals surface area contributed by atoms with Gasteiger partial charge in [0.1, 0.15) is 5.75 Å². The first-order valence-corrected chi connectivity index (χ1v) is 12.0. The van der Waals surface area contributed by atoms with Crippen LogP contribution in [-0.4, -0.2) is 34.2 Å². The van der Waals surface area contributed by atoms with E-state index in [2.05, 4.69) is 48.4 Å². The normalized spacial score (nSPS) is 14.7. The van der Waals surface area contributed by atoms with Gasteiger partial charge in [0.25, 0.3) is 0 Å². The first-order chi connectivity index (χ1) is 16.4. The van der Waals surface area contributed by atoms with Gasteiger partial charge in [0.05, 0.1) is 18.7 Å². The van der Waals surface area contributed by atoms with Gasteiger partial charge in [-0.2, -0.15) is 0 Å². The summed E-state index contributed by atoms with van der Waals surface area (Å²) < 4.78 is 5.94. The number of benzene rings is 2. The Morgan fingerprint density at radius 2 is 1.97 bits per heavy atom. The molecular weight excluding hydrogens is 426 g/mol. The number of hydrogen-bond acceptors (Lipinski definition) is 5. The largest absolute Gasteiger partial charge is 0.494 e. The van der Waals surface area contributed by atoms with Gasteiger partial charge in [-0.25, -0.2) is 9.97 Å². The van der Waals surface area contributed by atoms with E-state index in [1.54, 1.807) is 0 Å². The number of ether oxygens (including phenoxy) is 1.